The van der Waals surface area contributed by atoms with Gasteiger partial charge in [0.1, 0.15) is 18.5 Å². The summed E-state index contributed by atoms with van der Waals surface area (Å²) in [6, 6.07) is 10.6. The Hall–Kier alpha value is -3.24. The molecule has 3 saturated heterocycles. The van der Waals surface area contributed by atoms with E-state index in [1.165, 1.54) is 24.0 Å². The first-order valence-electron chi connectivity index (χ1n) is 12.2. The highest BCUT2D eigenvalue weighted by Crippen LogP contribution is 2.51. The lowest BCUT2D eigenvalue weighted by molar-refractivity contribution is -0.118. The van der Waals surface area contributed by atoms with Gasteiger partial charge in [0.05, 0.1) is 11.1 Å². The van der Waals surface area contributed by atoms with Crippen molar-refractivity contribution in [2.45, 2.75) is 64.1 Å². The molecule has 1 aromatic carbocycles. The summed E-state index contributed by atoms with van der Waals surface area (Å²) < 4.78 is 5.21. The van der Waals surface area contributed by atoms with Gasteiger partial charge in [-0.05, 0) is 68.4 Å². The number of cyclic esters (lactones) is 1. The highest BCUT2D eigenvalue weighted by Gasteiger charge is 2.53. The first kappa shape index (κ1) is 21.3. The number of pyridine rings is 1. The predicted molar refractivity (Wildman–Crippen MR) is 125 cm³/mol. The SMILES string of the molecule is Cc1c(CCN2C3CCC2CC2(CC(=O)N(c4ccc(C#N)cn4)C2)C3)ccc2c1COC2=O. The fourth-order valence-electron chi connectivity index (χ4n) is 6.81. The molecule has 0 aliphatic carbocycles. The summed E-state index contributed by atoms with van der Waals surface area (Å²) in [5.74, 6) is 0.598. The maximum Gasteiger partial charge on any atom is 0.338 e. The molecule has 0 radical (unpaired) electrons. The van der Waals surface area contributed by atoms with Crippen molar-refractivity contribution >= 4 is 17.7 Å². The molecule has 6 rings (SSSR count). The minimum Gasteiger partial charge on any atom is -0.457 e. The molecule has 0 saturated carbocycles. The Morgan fingerprint density at radius 3 is 2.68 bits per heavy atom. The van der Waals surface area contributed by atoms with Crippen LogP contribution in [0.5, 0.6) is 0 Å². The molecule has 2 atom stereocenters. The van der Waals surface area contributed by atoms with Gasteiger partial charge in [-0.15, -0.1) is 0 Å². The Bertz CT molecular complexity index is 1200. The third-order valence-electron chi connectivity index (χ3n) is 8.50. The Kier molecular flexibility index (Phi) is 4.96. The van der Waals surface area contributed by atoms with Crippen LogP contribution in [0.15, 0.2) is 30.5 Å². The van der Waals surface area contributed by atoms with E-state index in [4.69, 9.17) is 10.00 Å². The maximum atomic E-state index is 13.0. The molecule has 0 N–H and O–H groups in total. The lowest BCUT2D eigenvalue weighted by Crippen LogP contribution is -2.49. The number of hydrogen-bond acceptors (Lipinski definition) is 6. The average molecular weight is 457 g/mol. The van der Waals surface area contributed by atoms with Crippen LogP contribution in [0.25, 0.3) is 0 Å². The number of amides is 1. The zero-order valence-corrected chi connectivity index (χ0v) is 19.4. The Morgan fingerprint density at radius 2 is 1.97 bits per heavy atom. The molecule has 34 heavy (non-hydrogen) atoms. The molecular formula is C27H28N4O3. The number of nitriles is 1. The van der Waals surface area contributed by atoms with E-state index in [-0.39, 0.29) is 17.3 Å². The van der Waals surface area contributed by atoms with Gasteiger partial charge in [0.25, 0.3) is 0 Å². The fraction of sp³-hybridized carbons (Fsp3) is 0.481. The van der Waals surface area contributed by atoms with Crippen LogP contribution in [0.1, 0.15) is 64.7 Å². The second kappa shape index (κ2) is 7.92. The molecule has 2 aromatic rings. The van der Waals surface area contributed by atoms with Crippen LogP contribution in [-0.4, -0.2) is 46.9 Å². The van der Waals surface area contributed by atoms with Crippen LogP contribution < -0.4 is 4.90 Å². The summed E-state index contributed by atoms with van der Waals surface area (Å²) in [5, 5.41) is 9.02. The fourth-order valence-corrected chi connectivity index (χ4v) is 6.81. The van der Waals surface area contributed by atoms with Gasteiger partial charge in [-0.2, -0.15) is 5.26 Å². The number of benzene rings is 1. The largest absolute Gasteiger partial charge is 0.457 e. The molecule has 1 aromatic heterocycles. The number of carbonyl (C=O) groups excluding carboxylic acids is 2. The highest BCUT2D eigenvalue weighted by atomic mass is 16.5. The van der Waals surface area contributed by atoms with E-state index in [9.17, 15) is 9.59 Å². The Morgan fingerprint density at radius 1 is 1.18 bits per heavy atom. The smallest absolute Gasteiger partial charge is 0.338 e. The van der Waals surface area contributed by atoms with Gasteiger partial charge >= 0.3 is 5.97 Å². The Balaban J connectivity index is 1.14. The van der Waals surface area contributed by atoms with Crippen LogP contribution in [0.3, 0.4) is 0 Å². The zero-order chi connectivity index (χ0) is 23.4. The second-order valence-electron chi connectivity index (χ2n) is 10.4. The summed E-state index contributed by atoms with van der Waals surface area (Å²) in [6.07, 6.45) is 7.59. The van der Waals surface area contributed by atoms with Crippen molar-refractivity contribution in [1.29, 1.82) is 5.26 Å². The van der Waals surface area contributed by atoms with Gasteiger partial charge in [0, 0.05) is 48.8 Å². The minimum atomic E-state index is -0.208. The van der Waals surface area contributed by atoms with Gasteiger partial charge in [-0.3, -0.25) is 14.6 Å². The number of anilines is 1. The van der Waals surface area contributed by atoms with Crippen molar-refractivity contribution in [1.82, 2.24) is 9.88 Å². The summed E-state index contributed by atoms with van der Waals surface area (Å²) >= 11 is 0. The number of hydrogen-bond donors (Lipinski definition) is 0. The Labute approximate surface area is 199 Å². The van der Waals surface area contributed by atoms with Gasteiger partial charge in [0.15, 0.2) is 0 Å². The predicted octanol–water partition coefficient (Wildman–Crippen LogP) is 3.52. The van der Waals surface area contributed by atoms with E-state index >= 15 is 0 Å². The number of nitrogens with zero attached hydrogens (tertiary/aromatic N) is 4. The van der Waals surface area contributed by atoms with E-state index < -0.39 is 0 Å². The normalized spacial score (nSPS) is 27.8. The van der Waals surface area contributed by atoms with Crippen molar-refractivity contribution in [3.63, 3.8) is 0 Å². The summed E-state index contributed by atoms with van der Waals surface area (Å²) in [5.41, 5.74) is 4.78. The lowest BCUT2D eigenvalue weighted by Gasteiger charge is -2.44. The van der Waals surface area contributed by atoms with Crippen molar-refractivity contribution in [3.8, 4) is 6.07 Å². The van der Waals surface area contributed by atoms with Crippen LogP contribution in [0.4, 0.5) is 5.82 Å². The minimum absolute atomic E-state index is 0.0240. The van der Waals surface area contributed by atoms with Gasteiger partial charge < -0.3 is 4.74 Å². The molecule has 5 heterocycles. The van der Waals surface area contributed by atoms with E-state index in [0.717, 1.165) is 37.9 Å². The van der Waals surface area contributed by atoms with E-state index in [1.54, 1.807) is 18.3 Å². The van der Waals surface area contributed by atoms with Crippen LogP contribution in [0.2, 0.25) is 0 Å². The third-order valence-corrected chi connectivity index (χ3v) is 8.50. The average Bonchev–Trinajstić information content (AvgIpc) is 3.45. The summed E-state index contributed by atoms with van der Waals surface area (Å²) in [7, 11) is 0. The second-order valence-corrected chi connectivity index (χ2v) is 10.4. The first-order valence-corrected chi connectivity index (χ1v) is 12.2. The first-order chi connectivity index (χ1) is 16.5. The number of ether oxygens (including phenoxy) is 1. The molecule has 1 amide bonds. The molecule has 4 aliphatic rings. The monoisotopic (exact) mass is 456 g/mol. The number of aromatic nitrogens is 1. The molecule has 2 bridgehead atoms. The standard InChI is InChI=1S/C27H28N4O3/c1-17-19(3-6-22-23(17)15-34-26(22)33)8-9-30-20-4-5-21(30)11-27(10-20)12-25(32)31(16-27)24-7-2-18(13-28)14-29-24/h2-3,6-7,14,20-21H,4-5,8-12,15-16H2,1H3. The molecule has 7 nitrogen and oxygen atoms in total. The lowest BCUT2D eigenvalue weighted by atomic mass is 9.74. The highest BCUT2D eigenvalue weighted by molar-refractivity contribution is 5.95. The molecule has 4 aliphatic heterocycles. The topological polar surface area (TPSA) is 86.5 Å². The maximum absolute atomic E-state index is 13.0. The van der Waals surface area contributed by atoms with Crippen molar-refractivity contribution < 1.29 is 14.3 Å². The van der Waals surface area contributed by atoms with Gasteiger partial charge in [-0.25, -0.2) is 9.78 Å². The van der Waals surface area contributed by atoms with Gasteiger partial charge in [-0.1, -0.05) is 6.07 Å². The number of piperidine rings is 1. The van der Waals surface area contributed by atoms with Crippen molar-refractivity contribution in [2.24, 2.45) is 5.41 Å². The number of rotatable bonds is 4. The number of fused-ring (bicyclic) bond motifs is 3. The van der Waals surface area contributed by atoms with Crippen LogP contribution >= 0.6 is 0 Å². The molecule has 2 unspecified atom stereocenters. The van der Waals surface area contributed by atoms with Crippen molar-refractivity contribution in [2.75, 3.05) is 18.0 Å². The van der Waals surface area contributed by atoms with E-state index in [2.05, 4.69) is 28.9 Å². The summed E-state index contributed by atoms with van der Waals surface area (Å²) in [4.78, 5) is 33.7. The van der Waals surface area contributed by atoms with E-state index in [0.29, 0.717) is 42.1 Å². The van der Waals surface area contributed by atoms with Crippen LogP contribution in [0, 0.1) is 23.7 Å². The molecule has 174 valence electrons. The number of carbonyl (C=O) groups is 2. The third kappa shape index (κ3) is 3.40. The van der Waals surface area contributed by atoms with Crippen molar-refractivity contribution in [3.05, 3.63) is 58.3 Å². The quantitative estimate of drug-likeness (QED) is 0.655. The summed E-state index contributed by atoms with van der Waals surface area (Å²) in [6.45, 7) is 4.23. The van der Waals surface area contributed by atoms with Crippen LogP contribution in [-0.2, 0) is 22.6 Å². The zero-order valence-electron chi connectivity index (χ0n) is 19.4. The molecule has 3 fully saturated rings. The molecule has 7 heteroatoms. The molecular weight excluding hydrogens is 428 g/mol. The van der Waals surface area contributed by atoms with E-state index in [1.807, 2.05) is 11.0 Å². The molecule has 1 spiro atoms. The number of esters is 1. The van der Waals surface area contributed by atoms with Gasteiger partial charge in [0.2, 0.25) is 5.91 Å².